The second-order valence-corrected chi connectivity index (χ2v) is 6.97. The predicted octanol–water partition coefficient (Wildman–Crippen LogP) is 3.09. The van der Waals surface area contributed by atoms with Crippen molar-refractivity contribution in [2.75, 3.05) is 36.5 Å². The smallest absolute Gasteiger partial charge is 0.276 e. The molecule has 0 unspecified atom stereocenters. The van der Waals surface area contributed by atoms with Crippen molar-refractivity contribution >= 4 is 34.5 Å². The molecule has 0 aliphatic carbocycles. The van der Waals surface area contributed by atoms with Crippen LogP contribution in [0.5, 0.6) is 0 Å². The molecule has 1 aromatic carbocycles. The molecule has 3 heterocycles. The van der Waals surface area contributed by atoms with Crippen molar-refractivity contribution < 1.29 is 9.53 Å². The number of carbonyl (C=O) groups is 1. The van der Waals surface area contributed by atoms with Gasteiger partial charge in [-0.15, -0.1) is 0 Å². The van der Waals surface area contributed by atoms with E-state index in [0.717, 1.165) is 30.2 Å². The van der Waals surface area contributed by atoms with E-state index in [0.29, 0.717) is 35.3 Å². The molecule has 1 aliphatic rings. The molecule has 0 radical (unpaired) electrons. The van der Waals surface area contributed by atoms with Crippen LogP contribution in [0.15, 0.2) is 30.3 Å². The number of morpholine rings is 1. The van der Waals surface area contributed by atoms with Gasteiger partial charge >= 0.3 is 0 Å². The highest BCUT2D eigenvalue weighted by Gasteiger charge is 2.16. The van der Waals surface area contributed by atoms with Crippen LogP contribution in [0.25, 0.3) is 5.65 Å². The molecular weight excluding hydrogens is 366 g/mol. The molecule has 1 aliphatic heterocycles. The summed E-state index contributed by atoms with van der Waals surface area (Å²) in [6.45, 7) is 6.83. The first-order chi connectivity index (χ1) is 13.0. The second-order valence-electron chi connectivity index (χ2n) is 6.56. The van der Waals surface area contributed by atoms with Crippen molar-refractivity contribution in [2.45, 2.75) is 13.8 Å². The Morgan fingerprint density at radius 2 is 1.96 bits per heavy atom. The van der Waals surface area contributed by atoms with Gasteiger partial charge in [0.25, 0.3) is 5.91 Å². The Bertz CT molecular complexity index is 1010. The number of hydrogen-bond donors (Lipinski definition) is 1. The molecule has 0 spiro atoms. The summed E-state index contributed by atoms with van der Waals surface area (Å²) >= 11 is 6.43. The maximum atomic E-state index is 12.6. The minimum absolute atomic E-state index is 0.298. The number of nitrogens with one attached hydrogen (secondary N) is 1. The van der Waals surface area contributed by atoms with Crippen molar-refractivity contribution in [1.82, 2.24) is 14.6 Å². The van der Waals surface area contributed by atoms with Crippen LogP contribution in [0.1, 0.15) is 21.9 Å². The number of aryl methyl sites for hydroxylation is 2. The Morgan fingerprint density at radius 3 is 2.70 bits per heavy atom. The van der Waals surface area contributed by atoms with E-state index >= 15 is 0 Å². The highest BCUT2D eigenvalue weighted by atomic mass is 35.5. The summed E-state index contributed by atoms with van der Waals surface area (Å²) in [5.41, 5.74) is 4.34. The lowest BCUT2D eigenvalue weighted by molar-refractivity contribution is 0.102. The summed E-state index contributed by atoms with van der Waals surface area (Å²) in [4.78, 5) is 19.2. The average molecular weight is 386 g/mol. The van der Waals surface area contributed by atoms with Crippen LogP contribution in [-0.2, 0) is 4.74 Å². The molecule has 0 atom stereocenters. The Morgan fingerprint density at radius 1 is 1.19 bits per heavy atom. The van der Waals surface area contributed by atoms with Crippen LogP contribution < -0.4 is 10.2 Å². The van der Waals surface area contributed by atoms with E-state index in [1.54, 1.807) is 16.6 Å². The van der Waals surface area contributed by atoms with Crippen LogP contribution in [-0.4, -0.2) is 46.8 Å². The number of aromatic nitrogens is 3. The van der Waals surface area contributed by atoms with Gasteiger partial charge in [-0.1, -0.05) is 11.6 Å². The van der Waals surface area contributed by atoms with Crippen LogP contribution in [0.3, 0.4) is 0 Å². The lowest BCUT2D eigenvalue weighted by Gasteiger charge is -2.29. The Labute approximate surface area is 161 Å². The fourth-order valence-electron chi connectivity index (χ4n) is 3.24. The van der Waals surface area contributed by atoms with Gasteiger partial charge in [0, 0.05) is 36.2 Å². The standard InChI is InChI=1S/C19H20ClN5O2/c1-12-9-13(2)25-18(21-12)11-16(23-25)19(26)22-14-3-4-17(15(20)10-14)24-5-7-27-8-6-24/h3-4,9-11H,5-8H2,1-2H3,(H,22,26). The van der Waals surface area contributed by atoms with Gasteiger partial charge in [0.05, 0.1) is 23.9 Å². The summed E-state index contributed by atoms with van der Waals surface area (Å²) in [6, 6.07) is 9.12. The Hall–Kier alpha value is -2.64. The number of amides is 1. The largest absolute Gasteiger partial charge is 0.378 e. The molecule has 27 heavy (non-hydrogen) atoms. The zero-order chi connectivity index (χ0) is 19.0. The van der Waals surface area contributed by atoms with E-state index in [1.165, 1.54) is 0 Å². The van der Waals surface area contributed by atoms with Crippen LogP contribution in [0.4, 0.5) is 11.4 Å². The molecule has 4 rings (SSSR count). The molecule has 140 valence electrons. The quantitative estimate of drug-likeness (QED) is 0.750. The van der Waals surface area contributed by atoms with E-state index in [2.05, 4.69) is 20.3 Å². The topological polar surface area (TPSA) is 71.8 Å². The number of fused-ring (bicyclic) bond motifs is 1. The number of anilines is 2. The Kier molecular flexibility index (Phi) is 4.72. The van der Waals surface area contributed by atoms with Crippen molar-refractivity contribution in [3.8, 4) is 0 Å². The summed E-state index contributed by atoms with van der Waals surface area (Å²) in [5, 5.41) is 7.80. The Balaban J connectivity index is 1.54. The third-order valence-corrected chi connectivity index (χ3v) is 4.83. The predicted molar refractivity (Wildman–Crippen MR) is 105 cm³/mol. The van der Waals surface area contributed by atoms with Gasteiger partial charge in [0.1, 0.15) is 0 Å². The van der Waals surface area contributed by atoms with Crippen LogP contribution in [0.2, 0.25) is 5.02 Å². The van der Waals surface area contributed by atoms with Crippen molar-refractivity contribution in [3.63, 3.8) is 0 Å². The SMILES string of the molecule is Cc1cc(C)n2nc(C(=O)Nc3ccc(N4CCOCC4)c(Cl)c3)cc2n1. The van der Waals surface area contributed by atoms with E-state index in [4.69, 9.17) is 16.3 Å². The molecule has 8 heteroatoms. The number of rotatable bonds is 3. The third-order valence-electron chi connectivity index (χ3n) is 4.52. The van der Waals surface area contributed by atoms with Crippen molar-refractivity contribution in [3.05, 3.63) is 52.4 Å². The van der Waals surface area contributed by atoms with Gasteiger partial charge in [0.2, 0.25) is 0 Å². The van der Waals surface area contributed by atoms with E-state index < -0.39 is 0 Å². The highest BCUT2D eigenvalue weighted by Crippen LogP contribution is 2.29. The fraction of sp³-hybridized carbons (Fsp3) is 0.316. The van der Waals surface area contributed by atoms with Crippen LogP contribution >= 0.6 is 11.6 Å². The monoisotopic (exact) mass is 385 g/mol. The molecule has 0 bridgehead atoms. The van der Waals surface area contributed by atoms with Crippen molar-refractivity contribution in [2.24, 2.45) is 0 Å². The van der Waals surface area contributed by atoms with Gasteiger partial charge in [-0.3, -0.25) is 4.79 Å². The summed E-state index contributed by atoms with van der Waals surface area (Å²) < 4.78 is 7.03. The molecule has 1 N–H and O–H groups in total. The minimum Gasteiger partial charge on any atom is -0.378 e. The number of nitrogens with zero attached hydrogens (tertiary/aromatic N) is 4. The average Bonchev–Trinajstić information content (AvgIpc) is 3.07. The normalized spacial score (nSPS) is 14.6. The van der Waals surface area contributed by atoms with E-state index in [1.807, 2.05) is 32.0 Å². The number of benzene rings is 1. The molecule has 1 fully saturated rings. The van der Waals surface area contributed by atoms with Gasteiger partial charge in [0.15, 0.2) is 11.3 Å². The van der Waals surface area contributed by atoms with Gasteiger partial charge in [-0.25, -0.2) is 9.50 Å². The molecule has 3 aromatic rings. The summed E-state index contributed by atoms with van der Waals surface area (Å²) in [5.74, 6) is -0.298. The number of halogens is 1. The molecule has 1 amide bonds. The first-order valence-corrected chi connectivity index (χ1v) is 9.17. The molecular formula is C19H20ClN5O2. The van der Waals surface area contributed by atoms with E-state index in [-0.39, 0.29) is 5.91 Å². The molecule has 7 nitrogen and oxygen atoms in total. The second kappa shape index (κ2) is 7.17. The zero-order valence-corrected chi connectivity index (χ0v) is 16.0. The lowest BCUT2D eigenvalue weighted by atomic mass is 10.2. The zero-order valence-electron chi connectivity index (χ0n) is 15.2. The van der Waals surface area contributed by atoms with Gasteiger partial charge < -0.3 is 15.0 Å². The lowest BCUT2D eigenvalue weighted by Crippen LogP contribution is -2.36. The molecule has 1 saturated heterocycles. The molecule has 0 saturated carbocycles. The maximum absolute atomic E-state index is 12.6. The van der Waals surface area contributed by atoms with Gasteiger partial charge in [-0.2, -0.15) is 5.10 Å². The van der Waals surface area contributed by atoms with Crippen molar-refractivity contribution in [1.29, 1.82) is 0 Å². The highest BCUT2D eigenvalue weighted by molar-refractivity contribution is 6.33. The van der Waals surface area contributed by atoms with Gasteiger partial charge in [-0.05, 0) is 38.1 Å². The number of carbonyl (C=O) groups excluding carboxylic acids is 1. The van der Waals surface area contributed by atoms with E-state index in [9.17, 15) is 4.79 Å². The molecule has 2 aromatic heterocycles. The maximum Gasteiger partial charge on any atom is 0.276 e. The number of hydrogen-bond acceptors (Lipinski definition) is 5. The van der Waals surface area contributed by atoms with Crippen LogP contribution in [0, 0.1) is 13.8 Å². The fourth-order valence-corrected chi connectivity index (χ4v) is 3.54. The first kappa shape index (κ1) is 17.8. The summed E-state index contributed by atoms with van der Waals surface area (Å²) in [7, 11) is 0. The first-order valence-electron chi connectivity index (χ1n) is 8.79. The number of ether oxygens (including phenoxy) is 1. The minimum atomic E-state index is -0.298. The summed E-state index contributed by atoms with van der Waals surface area (Å²) in [6.07, 6.45) is 0. The third kappa shape index (κ3) is 3.61.